The molecule has 6 nitrogen and oxygen atoms in total. The van der Waals surface area contributed by atoms with Crippen LogP contribution in [0.4, 0.5) is 10.1 Å². The molecule has 8 heteroatoms. The fourth-order valence-electron chi connectivity index (χ4n) is 4.63. The number of halogens is 2. The number of aromatic hydroxyl groups is 1. The molecule has 176 valence electrons. The minimum absolute atomic E-state index is 0.145. The average molecular weight is 488 g/mol. The average Bonchev–Trinajstić information content (AvgIpc) is 2.84. The zero-order valence-electron chi connectivity index (χ0n) is 19.1. The van der Waals surface area contributed by atoms with E-state index in [2.05, 4.69) is 16.0 Å². The Kier molecular flexibility index (Phi) is 6.01. The van der Waals surface area contributed by atoms with Gasteiger partial charge in [0, 0.05) is 41.5 Å². The Morgan fingerprint density at radius 3 is 2.63 bits per heavy atom. The lowest BCUT2D eigenvalue weighted by Crippen LogP contribution is -2.40. The van der Waals surface area contributed by atoms with Crippen molar-refractivity contribution in [2.45, 2.75) is 25.8 Å². The van der Waals surface area contributed by atoms with E-state index in [0.717, 1.165) is 54.4 Å². The molecule has 1 aliphatic heterocycles. The summed E-state index contributed by atoms with van der Waals surface area (Å²) in [6.45, 7) is 3.49. The highest BCUT2D eigenvalue weighted by Crippen LogP contribution is 2.40. The third-order valence-electron chi connectivity index (χ3n) is 6.37. The molecule has 2 aromatic heterocycles. The van der Waals surface area contributed by atoms with Gasteiger partial charge in [-0.25, -0.2) is 9.37 Å². The molecular weight excluding hydrogens is 465 g/mol. The van der Waals surface area contributed by atoms with Gasteiger partial charge in [0.15, 0.2) is 0 Å². The van der Waals surface area contributed by atoms with Gasteiger partial charge in [-0.05, 0) is 67.3 Å². The molecule has 0 radical (unpaired) electrons. The zero-order chi connectivity index (χ0) is 24.7. The van der Waals surface area contributed by atoms with Gasteiger partial charge in [-0.3, -0.25) is 4.98 Å². The third-order valence-corrected chi connectivity index (χ3v) is 6.58. The monoisotopic (exact) mass is 487 g/mol. The van der Waals surface area contributed by atoms with Crippen LogP contribution in [0.15, 0.2) is 48.7 Å². The number of anilines is 1. The molecule has 5 rings (SSSR count). The van der Waals surface area contributed by atoms with Crippen LogP contribution in [0.1, 0.15) is 24.0 Å². The Labute approximate surface area is 207 Å². The predicted octanol–water partition coefficient (Wildman–Crippen LogP) is 5.57. The Bertz CT molecular complexity index is 1470. The summed E-state index contributed by atoms with van der Waals surface area (Å²) in [4.78, 5) is 11.7. The van der Waals surface area contributed by atoms with Crippen LogP contribution in [-0.4, -0.2) is 34.2 Å². The van der Waals surface area contributed by atoms with Crippen molar-refractivity contribution in [2.24, 2.45) is 5.73 Å². The lowest BCUT2D eigenvalue weighted by atomic mass is 9.98. The first kappa shape index (κ1) is 23.0. The molecule has 0 atom stereocenters. The minimum atomic E-state index is -0.622. The molecule has 0 bridgehead atoms. The number of piperidine rings is 1. The summed E-state index contributed by atoms with van der Waals surface area (Å²) in [5.74, 6) is -0.927. The maximum atomic E-state index is 14.2. The number of aryl methyl sites for hydroxylation is 1. The van der Waals surface area contributed by atoms with Gasteiger partial charge in [-0.2, -0.15) is 5.26 Å². The number of aromatic nitrogens is 2. The summed E-state index contributed by atoms with van der Waals surface area (Å²) in [7, 11) is 0. The first-order chi connectivity index (χ1) is 16.8. The van der Waals surface area contributed by atoms with Crippen molar-refractivity contribution in [1.29, 1.82) is 5.26 Å². The molecule has 0 saturated carbocycles. The Balaban J connectivity index is 1.77. The van der Waals surface area contributed by atoms with Crippen LogP contribution in [0, 0.1) is 24.1 Å². The van der Waals surface area contributed by atoms with E-state index in [1.165, 1.54) is 6.07 Å². The smallest absolute Gasteiger partial charge is 0.142 e. The van der Waals surface area contributed by atoms with Crippen molar-refractivity contribution < 1.29 is 9.50 Å². The molecule has 0 amide bonds. The topological polar surface area (TPSA) is 99.1 Å². The van der Waals surface area contributed by atoms with Crippen LogP contribution in [0.5, 0.6) is 5.75 Å². The molecule has 1 aliphatic rings. The van der Waals surface area contributed by atoms with Crippen molar-refractivity contribution in [3.8, 4) is 34.2 Å². The van der Waals surface area contributed by atoms with Crippen molar-refractivity contribution in [3.05, 3.63) is 70.6 Å². The number of nitriles is 1. The Morgan fingerprint density at radius 1 is 1.14 bits per heavy atom. The summed E-state index contributed by atoms with van der Waals surface area (Å²) < 4.78 is 14.2. The Hall–Kier alpha value is -3.73. The standard InChI is InChI=1S/C27H23ClFN5O/c1-15-8-16(10-18(28)9-15)22-14-32-24-3-2-23(21-12-19(29)11-17(13-30)27(21)35)33-25(24)26(22)34-6-4-20(31)5-7-34/h2-3,8-12,14,20,35H,4-7,31H2,1H3. The molecule has 0 aliphatic carbocycles. The van der Waals surface area contributed by atoms with Crippen molar-refractivity contribution in [2.75, 3.05) is 18.0 Å². The molecule has 0 spiro atoms. The maximum Gasteiger partial charge on any atom is 0.142 e. The van der Waals surface area contributed by atoms with Crippen molar-refractivity contribution >= 4 is 28.3 Å². The number of pyridine rings is 2. The molecule has 4 aromatic rings. The summed E-state index contributed by atoms with van der Waals surface area (Å²) in [5.41, 5.74) is 11.5. The lowest BCUT2D eigenvalue weighted by molar-refractivity contribution is 0.473. The summed E-state index contributed by atoms with van der Waals surface area (Å²) in [5, 5.41) is 20.5. The van der Waals surface area contributed by atoms with E-state index in [-0.39, 0.29) is 22.9 Å². The van der Waals surface area contributed by atoms with Crippen molar-refractivity contribution in [3.63, 3.8) is 0 Å². The zero-order valence-corrected chi connectivity index (χ0v) is 19.8. The van der Waals surface area contributed by atoms with Gasteiger partial charge in [0.25, 0.3) is 0 Å². The summed E-state index contributed by atoms with van der Waals surface area (Å²) in [6, 6.07) is 13.5. The van der Waals surface area contributed by atoms with Gasteiger partial charge >= 0.3 is 0 Å². The first-order valence-corrected chi connectivity index (χ1v) is 11.7. The quantitative estimate of drug-likeness (QED) is 0.392. The number of phenolic OH excluding ortho intramolecular Hbond substituents is 1. The second-order valence-electron chi connectivity index (χ2n) is 8.89. The molecule has 1 saturated heterocycles. The van der Waals surface area contributed by atoms with Gasteiger partial charge in [0.2, 0.25) is 0 Å². The summed E-state index contributed by atoms with van der Waals surface area (Å²) in [6.07, 6.45) is 3.51. The highest BCUT2D eigenvalue weighted by atomic mass is 35.5. The third kappa shape index (κ3) is 4.39. The van der Waals surface area contributed by atoms with E-state index in [1.54, 1.807) is 12.1 Å². The highest BCUT2D eigenvalue weighted by molar-refractivity contribution is 6.31. The van der Waals surface area contributed by atoms with Crippen LogP contribution in [0.2, 0.25) is 5.02 Å². The van der Waals surface area contributed by atoms with Crippen LogP contribution < -0.4 is 10.6 Å². The number of fused-ring (bicyclic) bond motifs is 1. The number of phenols is 1. The molecular formula is C27H23ClFN5O. The molecule has 3 heterocycles. The molecule has 1 fully saturated rings. The van der Waals surface area contributed by atoms with E-state index < -0.39 is 5.82 Å². The van der Waals surface area contributed by atoms with E-state index in [1.807, 2.05) is 31.3 Å². The Morgan fingerprint density at radius 2 is 1.91 bits per heavy atom. The highest BCUT2D eigenvalue weighted by Gasteiger charge is 2.24. The number of nitrogens with two attached hydrogens (primary N) is 1. The van der Waals surface area contributed by atoms with Gasteiger partial charge in [-0.15, -0.1) is 0 Å². The van der Waals surface area contributed by atoms with Gasteiger partial charge in [0.1, 0.15) is 23.2 Å². The lowest BCUT2D eigenvalue weighted by Gasteiger charge is -2.34. The van der Waals surface area contributed by atoms with Crippen LogP contribution in [-0.2, 0) is 0 Å². The van der Waals surface area contributed by atoms with E-state index in [9.17, 15) is 14.8 Å². The SMILES string of the molecule is Cc1cc(Cl)cc(-c2cnc3ccc(-c4cc(F)cc(C#N)c4O)nc3c2N2CCC(N)CC2)c1. The van der Waals surface area contributed by atoms with Crippen LogP contribution in [0.3, 0.4) is 0 Å². The molecule has 2 aromatic carbocycles. The van der Waals surface area contributed by atoms with Crippen LogP contribution >= 0.6 is 11.6 Å². The van der Waals surface area contributed by atoms with E-state index in [0.29, 0.717) is 21.7 Å². The molecule has 35 heavy (non-hydrogen) atoms. The maximum absolute atomic E-state index is 14.2. The van der Waals surface area contributed by atoms with Gasteiger partial charge in [0.05, 0.1) is 22.5 Å². The van der Waals surface area contributed by atoms with Gasteiger partial charge < -0.3 is 15.7 Å². The second-order valence-corrected chi connectivity index (χ2v) is 9.32. The first-order valence-electron chi connectivity index (χ1n) is 11.3. The number of rotatable bonds is 3. The number of hydrogen-bond donors (Lipinski definition) is 2. The van der Waals surface area contributed by atoms with E-state index in [4.69, 9.17) is 22.3 Å². The predicted molar refractivity (Wildman–Crippen MR) is 136 cm³/mol. The largest absolute Gasteiger partial charge is 0.506 e. The fraction of sp³-hybridized carbons (Fsp3) is 0.222. The number of benzene rings is 2. The fourth-order valence-corrected chi connectivity index (χ4v) is 4.92. The number of nitrogens with zero attached hydrogens (tertiary/aromatic N) is 4. The normalized spacial score (nSPS) is 14.3. The molecule has 0 unspecified atom stereocenters. The second kappa shape index (κ2) is 9.14. The van der Waals surface area contributed by atoms with E-state index >= 15 is 0 Å². The summed E-state index contributed by atoms with van der Waals surface area (Å²) >= 11 is 6.39. The van der Waals surface area contributed by atoms with Gasteiger partial charge in [-0.1, -0.05) is 17.7 Å². The van der Waals surface area contributed by atoms with Crippen molar-refractivity contribution in [1.82, 2.24) is 9.97 Å². The molecule has 3 N–H and O–H groups in total. The minimum Gasteiger partial charge on any atom is -0.506 e. The number of hydrogen-bond acceptors (Lipinski definition) is 6. The van der Waals surface area contributed by atoms with Crippen LogP contribution in [0.25, 0.3) is 33.4 Å².